The molecule has 0 unspecified atom stereocenters. The van der Waals surface area contributed by atoms with Gasteiger partial charge in [-0.2, -0.15) is 0 Å². The summed E-state index contributed by atoms with van der Waals surface area (Å²) in [7, 11) is 2.07. The van der Waals surface area contributed by atoms with Gasteiger partial charge >= 0.3 is 0 Å². The van der Waals surface area contributed by atoms with E-state index >= 15 is 0 Å². The average Bonchev–Trinajstić information content (AvgIpc) is 3.87. The van der Waals surface area contributed by atoms with Crippen LogP contribution in [0.3, 0.4) is 0 Å². The second-order valence-corrected chi connectivity index (χ2v) is 15.8. The fourth-order valence-electron chi connectivity index (χ4n) is 9.95. The largest absolute Gasteiger partial charge is 0.455 e. The predicted molar refractivity (Wildman–Crippen MR) is 251 cm³/mol. The van der Waals surface area contributed by atoms with Gasteiger partial charge in [0.25, 0.3) is 0 Å². The van der Waals surface area contributed by atoms with Crippen molar-refractivity contribution in [1.82, 2.24) is 19.1 Å². The molecule has 294 valence electrons. The van der Waals surface area contributed by atoms with Gasteiger partial charge in [-0.05, 0) is 77.4 Å². The van der Waals surface area contributed by atoms with Crippen molar-refractivity contribution < 1.29 is 4.74 Å². The van der Waals surface area contributed by atoms with Gasteiger partial charge in [0, 0.05) is 46.9 Å². The average molecular weight is 798 g/mol. The first-order valence-electron chi connectivity index (χ1n) is 21.0. The van der Waals surface area contributed by atoms with E-state index in [-0.39, 0.29) is 0 Å². The molecule has 0 saturated carbocycles. The standard InChI is InChI=1S/C56H39N5O/c1-59-48-33-16-13-30-45(48)58-55(59)38-20-19-27-42(36-38)62-50-37-49-53(52-43-28-11-14-31-46(43)60(54(50)52)41-25-9-4-10-26-41)56(39-21-5-2-6-22-39,40-23-7-3-8-24-40)44-29-12-15-32-47(44)61(49)51-34-17-18-35-57-51/h2-37H,1H3. The van der Waals surface area contributed by atoms with Crippen LogP contribution in [0.15, 0.2) is 219 Å². The molecule has 12 rings (SSSR count). The molecule has 0 atom stereocenters. The molecule has 0 radical (unpaired) electrons. The number of aromatic nitrogens is 4. The van der Waals surface area contributed by atoms with Gasteiger partial charge in [0.15, 0.2) is 5.75 Å². The van der Waals surface area contributed by atoms with Gasteiger partial charge < -0.3 is 13.9 Å². The molecule has 0 bridgehead atoms. The Bertz CT molecular complexity index is 3410. The fraction of sp³-hybridized carbons (Fsp3) is 0.0357. The van der Waals surface area contributed by atoms with E-state index in [4.69, 9.17) is 14.7 Å². The Morgan fingerprint density at radius 2 is 1.21 bits per heavy atom. The number of ether oxygens (including phenoxy) is 1. The van der Waals surface area contributed by atoms with Crippen molar-refractivity contribution in [3.63, 3.8) is 0 Å². The minimum Gasteiger partial charge on any atom is -0.455 e. The Labute approximate surface area is 359 Å². The highest BCUT2D eigenvalue weighted by Gasteiger charge is 2.49. The molecule has 62 heavy (non-hydrogen) atoms. The van der Waals surface area contributed by atoms with Crippen LogP contribution >= 0.6 is 0 Å². The second kappa shape index (κ2) is 14.2. The molecule has 6 nitrogen and oxygen atoms in total. The summed E-state index contributed by atoms with van der Waals surface area (Å²) in [6.45, 7) is 0. The summed E-state index contributed by atoms with van der Waals surface area (Å²) in [5.41, 5.74) is 12.0. The number of hydrogen-bond donors (Lipinski definition) is 0. The van der Waals surface area contributed by atoms with E-state index in [0.29, 0.717) is 5.75 Å². The zero-order valence-electron chi connectivity index (χ0n) is 33.9. The van der Waals surface area contributed by atoms with Crippen LogP contribution < -0.4 is 9.64 Å². The highest BCUT2D eigenvalue weighted by molar-refractivity contribution is 6.17. The molecule has 11 aromatic rings. The van der Waals surface area contributed by atoms with Gasteiger partial charge in [0.05, 0.1) is 38.9 Å². The predicted octanol–water partition coefficient (Wildman–Crippen LogP) is 13.7. The Hall–Kier alpha value is -8.22. The minimum atomic E-state index is -0.762. The maximum Gasteiger partial charge on any atom is 0.154 e. The summed E-state index contributed by atoms with van der Waals surface area (Å²) in [6.07, 6.45) is 1.87. The molecule has 0 amide bonds. The Morgan fingerprint density at radius 1 is 0.548 bits per heavy atom. The lowest BCUT2D eigenvalue weighted by Crippen LogP contribution is -2.38. The molecule has 0 aliphatic carbocycles. The van der Waals surface area contributed by atoms with Gasteiger partial charge in [-0.1, -0.05) is 146 Å². The second-order valence-electron chi connectivity index (χ2n) is 15.8. The minimum absolute atomic E-state index is 0.707. The number of hydrogen-bond acceptors (Lipinski definition) is 4. The van der Waals surface area contributed by atoms with Crippen LogP contribution in [-0.2, 0) is 12.5 Å². The van der Waals surface area contributed by atoms with E-state index in [0.717, 1.165) is 84.0 Å². The Morgan fingerprint density at radius 3 is 1.95 bits per heavy atom. The van der Waals surface area contributed by atoms with E-state index in [9.17, 15) is 0 Å². The molecule has 3 aromatic heterocycles. The number of anilines is 3. The van der Waals surface area contributed by atoms with Crippen LogP contribution in [-0.4, -0.2) is 19.1 Å². The third-order valence-electron chi connectivity index (χ3n) is 12.5. The van der Waals surface area contributed by atoms with Crippen molar-refractivity contribution in [3.8, 4) is 28.6 Å². The Balaban J connectivity index is 1.24. The molecule has 4 heterocycles. The molecule has 8 aromatic carbocycles. The van der Waals surface area contributed by atoms with Crippen molar-refractivity contribution in [2.75, 3.05) is 4.90 Å². The number of para-hydroxylation sites is 5. The van der Waals surface area contributed by atoms with Crippen molar-refractivity contribution in [1.29, 1.82) is 0 Å². The smallest absolute Gasteiger partial charge is 0.154 e. The van der Waals surface area contributed by atoms with E-state index in [1.165, 1.54) is 11.1 Å². The summed E-state index contributed by atoms with van der Waals surface area (Å²) in [6, 6.07) is 75.1. The number of nitrogens with zero attached hydrogens (tertiary/aromatic N) is 5. The zero-order valence-corrected chi connectivity index (χ0v) is 33.9. The topological polar surface area (TPSA) is 48.1 Å². The van der Waals surface area contributed by atoms with Gasteiger partial charge in [-0.3, -0.25) is 4.90 Å². The van der Waals surface area contributed by atoms with E-state index < -0.39 is 5.41 Å². The lowest BCUT2D eigenvalue weighted by molar-refractivity contribution is 0.486. The quantitative estimate of drug-likeness (QED) is 0.161. The normalized spacial score (nSPS) is 13.0. The highest BCUT2D eigenvalue weighted by atomic mass is 16.5. The van der Waals surface area contributed by atoms with Crippen LogP contribution in [0.4, 0.5) is 17.2 Å². The first kappa shape index (κ1) is 35.7. The molecule has 0 N–H and O–H groups in total. The third kappa shape index (κ3) is 5.30. The molecule has 0 saturated heterocycles. The van der Waals surface area contributed by atoms with E-state index in [1.54, 1.807) is 0 Å². The van der Waals surface area contributed by atoms with Gasteiger partial charge in [0.1, 0.15) is 17.4 Å². The van der Waals surface area contributed by atoms with E-state index in [1.807, 2.05) is 24.4 Å². The maximum absolute atomic E-state index is 7.37. The van der Waals surface area contributed by atoms with Gasteiger partial charge in [0.2, 0.25) is 0 Å². The number of pyridine rings is 1. The summed E-state index contributed by atoms with van der Waals surface area (Å²) < 4.78 is 11.9. The zero-order chi connectivity index (χ0) is 41.2. The van der Waals surface area contributed by atoms with Gasteiger partial charge in [-0.25, -0.2) is 9.97 Å². The number of benzene rings is 8. The van der Waals surface area contributed by atoms with Crippen LogP contribution in [0, 0.1) is 0 Å². The fourth-order valence-corrected chi connectivity index (χ4v) is 9.95. The molecule has 0 spiro atoms. The number of rotatable bonds is 7. The van der Waals surface area contributed by atoms with Crippen molar-refractivity contribution in [3.05, 3.63) is 241 Å². The maximum atomic E-state index is 7.37. The van der Waals surface area contributed by atoms with Crippen LogP contribution in [0.1, 0.15) is 22.3 Å². The summed E-state index contributed by atoms with van der Waals surface area (Å²) in [5.74, 6) is 3.12. The number of imidazole rings is 1. The van der Waals surface area contributed by atoms with Gasteiger partial charge in [-0.15, -0.1) is 0 Å². The van der Waals surface area contributed by atoms with Crippen molar-refractivity contribution >= 4 is 50.0 Å². The monoisotopic (exact) mass is 797 g/mol. The lowest BCUT2D eigenvalue weighted by atomic mass is 9.61. The molecule has 1 aliphatic rings. The third-order valence-corrected chi connectivity index (χ3v) is 12.5. The van der Waals surface area contributed by atoms with Crippen LogP contribution in [0.25, 0.3) is 49.9 Å². The summed E-state index contributed by atoms with van der Waals surface area (Å²) in [4.78, 5) is 12.4. The van der Waals surface area contributed by atoms with E-state index in [2.05, 4.69) is 215 Å². The number of fused-ring (bicyclic) bond motifs is 7. The van der Waals surface area contributed by atoms with Crippen molar-refractivity contribution in [2.24, 2.45) is 7.05 Å². The SMILES string of the molecule is Cn1c(-c2cccc(Oc3cc4c(c5c6ccccc6n(-c6ccccc6)c35)C(c3ccccc3)(c3ccccc3)c3ccccc3N4c3ccccn3)c2)nc2ccccc21. The highest BCUT2D eigenvalue weighted by Crippen LogP contribution is 2.61. The molecular formula is C56H39N5O. The molecular weight excluding hydrogens is 759 g/mol. The summed E-state index contributed by atoms with van der Waals surface area (Å²) in [5, 5.41) is 2.23. The first-order chi connectivity index (χ1) is 30.7. The molecule has 0 fully saturated rings. The summed E-state index contributed by atoms with van der Waals surface area (Å²) >= 11 is 0. The lowest BCUT2D eigenvalue weighted by Gasteiger charge is -2.46. The first-order valence-corrected chi connectivity index (χ1v) is 21.0. The van der Waals surface area contributed by atoms with Crippen LogP contribution in [0.2, 0.25) is 0 Å². The van der Waals surface area contributed by atoms with Crippen LogP contribution in [0.5, 0.6) is 11.5 Å². The number of aryl methyl sites for hydroxylation is 1. The van der Waals surface area contributed by atoms with Crippen molar-refractivity contribution in [2.45, 2.75) is 5.41 Å². The molecule has 1 aliphatic heterocycles. The Kier molecular flexibility index (Phi) is 8.18. The molecule has 6 heteroatoms.